The Hall–Kier alpha value is -4.47. The molecule has 0 aromatic heterocycles. The average Bonchev–Trinajstić information content (AvgIpc) is 3.52. The Kier molecular flexibility index (Phi) is 19.0. The summed E-state index contributed by atoms with van der Waals surface area (Å²) in [4.78, 5) is 82.3. The molecular weight excluding hydrogens is 709 g/mol. The average molecular weight is 767 g/mol. The molecule has 14 nitrogen and oxygen atoms in total. The van der Waals surface area contributed by atoms with E-state index in [4.69, 9.17) is 11.6 Å². The van der Waals surface area contributed by atoms with Crippen LogP contribution in [0.15, 0.2) is 60.7 Å². The number of hydrogen-bond acceptors (Lipinski definition) is 9. The number of hydrazine groups is 1. The molecule has 3 rings (SSSR count). The maximum Gasteiger partial charge on any atom is 0.256 e. The summed E-state index contributed by atoms with van der Waals surface area (Å²) in [5.74, 6) is 3.22. The molecule has 0 radical (unpaired) electrons. The zero-order chi connectivity index (χ0) is 39.5. The van der Waals surface area contributed by atoms with Gasteiger partial charge in [-0.05, 0) is 67.7 Å². The minimum Gasteiger partial charge on any atom is -0.344 e. The van der Waals surface area contributed by atoms with Crippen LogP contribution in [0.1, 0.15) is 69.9 Å². The number of nitrogens with one attached hydrogen (secondary N) is 5. The summed E-state index contributed by atoms with van der Waals surface area (Å²) in [6.45, 7) is 4.62. The largest absolute Gasteiger partial charge is 0.344 e. The van der Waals surface area contributed by atoms with Crippen molar-refractivity contribution >= 4 is 47.2 Å². The molecular formula is C39H58N8O6S. The summed E-state index contributed by atoms with van der Waals surface area (Å²) in [6.07, 6.45) is 5.64. The predicted octanol–water partition coefficient (Wildman–Crippen LogP) is 1.32. The molecule has 9 N–H and O–H groups in total. The third-order valence-corrected chi connectivity index (χ3v) is 9.92. The molecule has 0 bridgehead atoms. The van der Waals surface area contributed by atoms with Crippen LogP contribution < -0.4 is 38.3 Å². The second-order valence-electron chi connectivity index (χ2n) is 14.0. The number of hydrogen-bond donors (Lipinski definition) is 7. The second kappa shape index (κ2) is 23.3. The van der Waals surface area contributed by atoms with Gasteiger partial charge in [-0.25, -0.2) is 5.84 Å². The lowest BCUT2D eigenvalue weighted by molar-refractivity contribution is -0.141. The number of benzene rings is 2. The second-order valence-corrected chi connectivity index (χ2v) is 15.0. The van der Waals surface area contributed by atoms with Crippen LogP contribution in [-0.2, 0) is 41.6 Å². The highest BCUT2D eigenvalue weighted by atomic mass is 32.2. The molecule has 5 atom stereocenters. The molecule has 1 aliphatic heterocycles. The highest BCUT2D eigenvalue weighted by Gasteiger charge is 2.41. The van der Waals surface area contributed by atoms with Crippen molar-refractivity contribution in [2.24, 2.45) is 17.5 Å². The number of thioether (sulfide) groups is 1. The van der Waals surface area contributed by atoms with E-state index in [0.717, 1.165) is 24.0 Å². The molecule has 54 heavy (non-hydrogen) atoms. The van der Waals surface area contributed by atoms with E-state index in [1.54, 1.807) is 0 Å². The Morgan fingerprint density at radius 2 is 1.39 bits per heavy atom. The van der Waals surface area contributed by atoms with E-state index >= 15 is 0 Å². The van der Waals surface area contributed by atoms with Crippen LogP contribution in [0.5, 0.6) is 0 Å². The van der Waals surface area contributed by atoms with Gasteiger partial charge in [-0.1, -0.05) is 80.9 Å². The van der Waals surface area contributed by atoms with Crippen LogP contribution in [0, 0.1) is 5.92 Å². The topological polar surface area (TPSA) is 218 Å². The third kappa shape index (κ3) is 14.4. The zero-order valence-electron chi connectivity index (χ0n) is 31.7. The highest BCUT2D eigenvalue weighted by Crippen LogP contribution is 2.21. The van der Waals surface area contributed by atoms with Gasteiger partial charge in [0.15, 0.2) is 0 Å². The molecule has 2 aromatic rings. The molecule has 1 heterocycles. The lowest BCUT2D eigenvalue weighted by atomic mass is 10.0. The molecule has 1 fully saturated rings. The van der Waals surface area contributed by atoms with Crippen molar-refractivity contribution in [3.05, 3.63) is 71.8 Å². The van der Waals surface area contributed by atoms with Crippen molar-refractivity contribution in [1.82, 2.24) is 31.6 Å². The summed E-state index contributed by atoms with van der Waals surface area (Å²) >= 11 is 1.52. The van der Waals surface area contributed by atoms with E-state index in [1.165, 1.54) is 16.7 Å². The minimum absolute atomic E-state index is 0.0379. The Morgan fingerprint density at radius 3 is 1.94 bits per heavy atom. The van der Waals surface area contributed by atoms with Gasteiger partial charge >= 0.3 is 0 Å². The van der Waals surface area contributed by atoms with Gasteiger partial charge in [0.25, 0.3) is 5.91 Å². The van der Waals surface area contributed by atoms with Crippen molar-refractivity contribution in [3.63, 3.8) is 0 Å². The number of amides is 6. The smallest absolute Gasteiger partial charge is 0.256 e. The number of carbonyl (C=O) groups is 6. The number of nitrogens with two attached hydrogens (primary N) is 2. The van der Waals surface area contributed by atoms with Gasteiger partial charge < -0.3 is 31.9 Å². The first-order valence-corrected chi connectivity index (χ1v) is 20.1. The third-order valence-electron chi connectivity index (χ3n) is 9.27. The van der Waals surface area contributed by atoms with Crippen molar-refractivity contribution in [2.75, 3.05) is 25.1 Å². The van der Waals surface area contributed by atoms with Gasteiger partial charge in [-0.3, -0.25) is 34.2 Å². The van der Waals surface area contributed by atoms with E-state index in [-0.39, 0.29) is 44.1 Å². The number of likely N-dealkylation sites (tertiary alicyclic amines) is 1. The molecule has 6 amide bonds. The summed E-state index contributed by atoms with van der Waals surface area (Å²) < 4.78 is 0. The van der Waals surface area contributed by atoms with Gasteiger partial charge in [0, 0.05) is 25.8 Å². The molecule has 0 unspecified atom stereocenters. The van der Waals surface area contributed by atoms with Crippen LogP contribution in [-0.4, -0.2) is 95.7 Å². The minimum atomic E-state index is -1.08. The van der Waals surface area contributed by atoms with Crippen molar-refractivity contribution in [2.45, 2.75) is 102 Å². The SMILES string of the molecule is CSCC[C@H](NC(=O)[C@H](CC(C)C)N1CC[C@@H](NC(=O)[C@H](Cc2ccccc2)NC(=O)[C@H](Cc2ccccc2)NC(=O)CCCCCN)C1=O)C(=O)NN. The predicted molar refractivity (Wildman–Crippen MR) is 210 cm³/mol. The normalized spacial score (nSPS) is 16.2. The standard InChI is InChI=1S/C39H58N8O6S/c1-26(2)23-33(38(52)43-29(19-22-54-3)37(51)46-41)47-21-18-30(39(47)53)44-36(50)32(25-28-15-9-5-10-16-28)45-35(49)31(24-27-13-7-4-8-14-27)42-34(48)17-11-6-12-20-40/h4-5,7-10,13-16,26,29-33H,6,11-12,17-25,40-41H2,1-3H3,(H,42,48)(H,43,52)(H,44,50)(H,45,49)(H,46,51)/t29-,30+,31-,32-,33-/m0/s1. The summed E-state index contributed by atoms with van der Waals surface area (Å²) in [5, 5.41) is 11.3. The van der Waals surface area contributed by atoms with Crippen LogP contribution in [0.3, 0.4) is 0 Å². The fourth-order valence-electron chi connectivity index (χ4n) is 6.38. The number of carbonyl (C=O) groups excluding carboxylic acids is 6. The van der Waals surface area contributed by atoms with Crippen LogP contribution in [0.2, 0.25) is 0 Å². The van der Waals surface area contributed by atoms with Crippen molar-refractivity contribution in [1.29, 1.82) is 0 Å². The Labute approximate surface area is 323 Å². The zero-order valence-corrected chi connectivity index (χ0v) is 32.5. The van der Waals surface area contributed by atoms with E-state index in [0.29, 0.717) is 31.6 Å². The number of nitrogens with zero attached hydrogens (tertiary/aromatic N) is 1. The van der Waals surface area contributed by atoms with Crippen molar-refractivity contribution < 1.29 is 28.8 Å². The molecule has 0 spiro atoms. The monoisotopic (exact) mass is 766 g/mol. The van der Waals surface area contributed by atoms with Crippen LogP contribution in [0.25, 0.3) is 0 Å². The molecule has 2 aromatic carbocycles. The Balaban J connectivity index is 1.79. The van der Waals surface area contributed by atoms with Gasteiger partial charge in [0.1, 0.15) is 30.2 Å². The van der Waals surface area contributed by atoms with E-state index in [1.807, 2.05) is 80.8 Å². The number of unbranched alkanes of at least 4 members (excludes halogenated alkanes) is 2. The highest BCUT2D eigenvalue weighted by molar-refractivity contribution is 7.98. The van der Waals surface area contributed by atoms with Gasteiger partial charge in [0.2, 0.25) is 29.5 Å². The van der Waals surface area contributed by atoms with Crippen LogP contribution in [0.4, 0.5) is 0 Å². The molecule has 0 aliphatic carbocycles. The molecule has 296 valence electrons. The Morgan fingerprint density at radius 1 is 0.796 bits per heavy atom. The van der Waals surface area contributed by atoms with Crippen LogP contribution >= 0.6 is 11.8 Å². The van der Waals surface area contributed by atoms with Gasteiger partial charge in [-0.15, -0.1) is 0 Å². The van der Waals surface area contributed by atoms with E-state index < -0.39 is 59.7 Å². The maximum absolute atomic E-state index is 14.0. The lowest BCUT2D eigenvalue weighted by Crippen LogP contribution is -2.58. The summed E-state index contributed by atoms with van der Waals surface area (Å²) in [7, 11) is 0. The first kappa shape index (κ1) is 43.9. The van der Waals surface area contributed by atoms with Gasteiger partial charge in [0.05, 0.1) is 0 Å². The molecule has 0 saturated carbocycles. The van der Waals surface area contributed by atoms with E-state index in [9.17, 15) is 28.8 Å². The molecule has 1 saturated heterocycles. The summed E-state index contributed by atoms with van der Waals surface area (Å²) in [5.41, 5.74) is 9.31. The first-order chi connectivity index (χ1) is 26.0. The lowest BCUT2D eigenvalue weighted by Gasteiger charge is -2.30. The first-order valence-electron chi connectivity index (χ1n) is 18.8. The number of rotatable bonds is 23. The van der Waals surface area contributed by atoms with E-state index in [2.05, 4.69) is 26.7 Å². The van der Waals surface area contributed by atoms with Gasteiger partial charge in [-0.2, -0.15) is 11.8 Å². The fourth-order valence-corrected chi connectivity index (χ4v) is 6.85. The molecule has 1 aliphatic rings. The van der Waals surface area contributed by atoms with Crippen molar-refractivity contribution in [3.8, 4) is 0 Å². The fraction of sp³-hybridized carbons (Fsp3) is 0.538. The molecule has 15 heteroatoms. The maximum atomic E-state index is 14.0. The quantitative estimate of drug-likeness (QED) is 0.0375. The summed E-state index contributed by atoms with van der Waals surface area (Å²) in [6, 6.07) is 13.8. The Bertz CT molecular complexity index is 1510.